The van der Waals surface area contributed by atoms with Crippen molar-refractivity contribution in [3.8, 4) is 17.0 Å². The van der Waals surface area contributed by atoms with Crippen molar-refractivity contribution in [3.05, 3.63) is 24.0 Å². The van der Waals surface area contributed by atoms with Crippen molar-refractivity contribution in [3.63, 3.8) is 0 Å². The predicted molar refractivity (Wildman–Crippen MR) is 90.9 cm³/mol. The maximum Gasteiger partial charge on any atom is 0.391 e. The van der Waals surface area contributed by atoms with Crippen LogP contribution in [0, 0.1) is 6.92 Å². The fourth-order valence-corrected chi connectivity index (χ4v) is 2.84. The molecule has 0 saturated heterocycles. The Hall–Kier alpha value is -2.39. The van der Waals surface area contributed by atoms with Crippen LogP contribution in [0.25, 0.3) is 11.3 Å². The van der Waals surface area contributed by atoms with E-state index in [-0.39, 0.29) is 17.1 Å². The van der Waals surface area contributed by atoms with E-state index < -0.39 is 24.7 Å². The Kier molecular flexibility index (Phi) is 5.96. The van der Waals surface area contributed by atoms with Gasteiger partial charge in [-0.25, -0.2) is 4.98 Å². The number of rotatable bonds is 7. The molecule has 0 fully saturated rings. The number of pyridine rings is 1. The van der Waals surface area contributed by atoms with Crippen molar-refractivity contribution in [2.45, 2.75) is 59.0 Å². The van der Waals surface area contributed by atoms with Gasteiger partial charge in [0.15, 0.2) is 0 Å². The molecule has 1 N–H and O–H groups in total. The first-order valence-corrected chi connectivity index (χ1v) is 8.24. The highest BCUT2D eigenvalue weighted by Gasteiger charge is 2.36. The molecular formula is C17H21F5N4O. The quantitative estimate of drug-likeness (QED) is 0.673. The maximum absolute atomic E-state index is 12.9. The molecule has 0 bridgehead atoms. The van der Waals surface area contributed by atoms with Crippen LogP contribution in [0.15, 0.2) is 18.5 Å². The van der Waals surface area contributed by atoms with Gasteiger partial charge in [-0.2, -0.15) is 27.1 Å². The fraction of sp³-hybridized carbons (Fsp3) is 0.529. The second kappa shape index (κ2) is 7.69. The molecule has 5 nitrogen and oxygen atoms in total. The van der Waals surface area contributed by atoms with Crippen LogP contribution < -0.4 is 10.1 Å². The maximum atomic E-state index is 12.9. The van der Waals surface area contributed by atoms with Crippen LogP contribution in [0.4, 0.5) is 27.8 Å². The minimum Gasteiger partial charge on any atom is -0.434 e. The van der Waals surface area contributed by atoms with E-state index in [1.54, 1.807) is 17.8 Å². The Balaban J connectivity index is 2.43. The summed E-state index contributed by atoms with van der Waals surface area (Å²) in [5.74, 6) is -0.188. The third kappa shape index (κ3) is 5.54. The van der Waals surface area contributed by atoms with Gasteiger partial charge < -0.3 is 10.1 Å². The zero-order chi connectivity index (χ0) is 20.4. The van der Waals surface area contributed by atoms with Gasteiger partial charge in [0.05, 0.1) is 23.9 Å². The van der Waals surface area contributed by atoms with Crippen LogP contribution in [0.1, 0.15) is 32.8 Å². The molecule has 10 heteroatoms. The first-order valence-electron chi connectivity index (χ1n) is 8.24. The standard InChI is InChI=1S/C17H21F5N4O/c1-5-26-14(10(2)7-24-26)11-8-23-13(6-12(11)27-15(18)19)25-16(3,4)9-17(20,21)22/h6-8,15H,5,9H2,1-4H3,(H,23,25). The number of aryl methyl sites for hydroxylation is 2. The summed E-state index contributed by atoms with van der Waals surface area (Å²) in [4.78, 5) is 4.09. The number of hydrogen-bond acceptors (Lipinski definition) is 4. The van der Waals surface area contributed by atoms with E-state index in [1.807, 2.05) is 6.92 Å². The van der Waals surface area contributed by atoms with Crippen LogP contribution in [0.2, 0.25) is 0 Å². The molecule has 0 aromatic carbocycles. The summed E-state index contributed by atoms with van der Waals surface area (Å²) in [7, 11) is 0. The zero-order valence-electron chi connectivity index (χ0n) is 15.4. The lowest BCUT2D eigenvalue weighted by Crippen LogP contribution is -2.36. The van der Waals surface area contributed by atoms with Crippen LogP contribution in [-0.4, -0.2) is 33.1 Å². The lowest BCUT2D eigenvalue weighted by molar-refractivity contribution is -0.142. The highest BCUT2D eigenvalue weighted by Crippen LogP contribution is 2.36. The summed E-state index contributed by atoms with van der Waals surface area (Å²) in [5.41, 5.74) is 0.194. The number of nitrogens with one attached hydrogen (secondary N) is 1. The highest BCUT2D eigenvalue weighted by atomic mass is 19.4. The molecule has 2 aromatic heterocycles. The van der Waals surface area contributed by atoms with Crippen LogP contribution in [0.3, 0.4) is 0 Å². The van der Waals surface area contributed by atoms with Gasteiger partial charge >= 0.3 is 12.8 Å². The number of halogens is 5. The van der Waals surface area contributed by atoms with E-state index in [2.05, 4.69) is 20.1 Å². The van der Waals surface area contributed by atoms with E-state index in [9.17, 15) is 22.0 Å². The molecule has 0 spiro atoms. The van der Waals surface area contributed by atoms with Gasteiger partial charge in [0, 0.05) is 24.3 Å². The molecule has 0 radical (unpaired) electrons. The van der Waals surface area contributed by atoms with E-state index >= 15 is 0 Å². The van der Waals surface area contributed by atoms with Gasteiger partial charge in [-0.1, -0.05) is 0 Å². The zero-order valence-corrected chi connectivity index (χ0v) is 15.4. The Morgan fingerprint density at radius 2 is 1.89 bits per heavy atom. The Bertz CT molecular complexity index is 786. The summed E-state index contributed by atoms with van der Waals surface area (Å²) >= 11 is 0. The Morgan fingerprint density at radius 1 is 1.22 bits per heavy atom. The van der Waals surface area contributed by atoms with Crippen LogP contribution >= 0.6 is 0 Å². The highest BCUT2D eigenvalue weighted by molar-refractivity contribution is 5.71. The molecule has 0 aliphatic heterocycles. The van der Waals surface area contributed by atoms with Crippen LogP contribution in [0.5, 0.6) is 5.75 Å². The van der Waals surface area contributed by atoms with E-state index in [4.69, 9.17) is 0 Å². The molecule has 2 aromatic rings. The third-order valence-corrected chi connectivity index (χ3v) is 3.77. The van der Waals surface area contributed by atoms with Crippen molar-refractivity contribution in [1.82, 2.24) is 14.8 Å². The summed E-state index contributed by atoms with van der Waals surface area (Å²) in [6.45, 7) is 3.70. The van der Waals surface area contributed by atoms with Crippen molar-refractivity contribution in [1.29, 1.82) is 0 Å². The number of alkyl halides is 5. The molecule has 2 heterocycles. The molecule has 0 amide bonds. The van der Waals surface area contributed by atoms with Crippen molar-refractivity contribution in [2.24, 2.45) is 0 Å². The van der Waals surface area contributed by atoms with Gasteiger partial charge in [0.2, 0.25) is 0 Å². The number of nitrogens with zero attached hydrogens (tertiary/aromatic N) is 3. The SMILES string of the molecule is CCn1ncc(C)c1-c1cnc(NC(C)(C)CC(F)(F)F)cc1OC(F)F. The van der Waals surface area contributed by atoms with E-state index in [0.717, 1.165) is 5.56 Å². The van der Waals surface area contributed by atoms with Crippen LogP contribution in [-0.2, 0) is 6.54 Å². The average Bonchev–Trinajstić information content (AvgIpc) is 2.85. The smallest absolute Gasteiger partial charge is 0.391 e. The average molecular weight is 392 g/mol. The van der Waals surface area contributed by atoms with Gasteiger partial charge in [-0.15, -0.1) is 0 Å². The summed E-state index contributed by atoms with van der Waals surface area (Å²) < 4.78 is 70.0. The monoisotopic (exact) mass is 392 g/mol. The first kappa shape index (κ1) is 20.9. The number of ether oxygens (including phenoxy) is 1. The van der Waals surface area contributed by atoms with Gasteiger partial charge in [0.25, 0.3) is 0 Å². The lowest BCUT2D eigenvalue weighted by Gasteiger charge is -2.28. The molecule has 2 rings (SSSR count). The molecular weight excluding hydrogens is 371 g/mol. The van der Waals surface area contributed by atoms with Gasteiger partial charge in [-0.3, -0.25) is 4.68 Å². The van der Waals surface area contributed by atoms with Crippen molar-refractivity contribution < 1.29 is 26.7 Å². The number of hydrogen-bond donors (Lipinski definition) is 1. The molecule has 0 saturated carbocycles. The minimum absolute atomic E-state index is 0.00358. The largest absolute Gasteiger partial charge is 0.434 e. The minimum atomic E-state index is -4.39. The summed E-state index contributed by atoms with van der Waals surface area (Å²) in [5, 5.41) is 6.78. The Morgan fingerprint density at radius 3 is 2.44 bits per heavy atom. The first-order chi connectivity index (χ1) is 12.4. The Labute approximate surface area is 153 Å². The second-order valence-corrected chi connectivity index (χ2v) is 6.74. The second-order valence-electron chi connectivity index (χ2n) is 6.74. The van der Waals surface area contributed by atoms with Crippen molar-refractivity contribution >= 4 is 5.82 Å². The number of anilines is 1. The van der Waals surface area contributed by atoms with E-state index in [0.29, 0.717) is 12.2 Å². The lowest BCUT2D eigenvalue weighted by atomic mass is 10.0. The van der Waals surface area contributed by atoms with E-state index in [1.165, 1.54) is 26.1 Å². The number of aromatic nitrogens is 3. The fourth-order valence-electron chi connectivity index (χ4n) is 2.84. The predicted octanol–water partition coefficient (Wildman–Crippen LogP) is 5.02. The molecule has 0 aliphatic carbocycles. The summed E-state index contributed by atoms with van der Waals surface area (Å²) in [6, 6.07) is 1.17. The normalized spacial score (nSPS) is 12.5. The summed E-state index contributed by atoms with van der Waals surface area (Å²) in [6.07, 6.45) is -2.62. The topological polar surface area (TPSA) is 52.0 Å². The molecule has 150 valence electrons. The molecule has 27 heavy (non-hydrogen) atoms. The van der Waals surface area contributed by atoms with Gasteiger partial charge in [-0.05, 0) is 33.3 Å². The van der Waals surface area contributed by atoms with Gasteiger partial charge in [0.1, 0.15) is 11.6 Å². The third-order valence-electron chi connectivity index (χ3n) is 3.77. The molecule has 0 atom stereocenters. The molecule has 0 aliphatic rings. The van der Waals surface area contributed by atoms with Crippen molar-refractivity contribution in [2.75, 3.05) is 5.32 Å². The molecule has 0 unspecified atom stereocenters.